The van der Waals surface area contributed by atoms with E-state index in [0.29, 0.717) is 24.2 Å². The van der Waals surface area contributed by atoms with Crippen LogP contribution in [0, 0.1) is 0 Å². The van der Waals surface area contributed by atoms with E-state index in [1.165, 1.54) is 4.90 Å². The molecule has 1 aromatic carbocycles. The van der Waals surface area contributed by atoms with Crippen molar-refractivity contribution < 1.29 is 27.9 Å². The molecule has 0 spiro atoms. The number of amides is 1. The molecule has 1 saturated heterocycles. The summed E-state index contributed by atoms with van der Waals surface area (Å²) in [6.45, 7) is 1.44. The maximum absolute atomic E-state index is 12.7. The number of aromatic nitrogens is 4. The molecule has 0 bridgehead atoms. The highest BCUT2D eigenvalue weighted by molar-refractivity contribution is 6.02. The average Bonchev–Trinajstić information content (AvgIpc) is 3.28. The lowest BCUT2D eigenvalue weighted by Crippen LogP contribution is -2.42. The number of hydrogen-bond acceptors (Lipinski definition) is 5. The molecule has 3 heterocycles. The zero-order valence-electron chi connectivity index (χ0n) is 18.7. The number of halogens is 3. The van der Waals surface area contributed by atoms with Gasteiger partial charge in [0, 0.05) is 45.4 Å². The Morgan fingerprint density at radius 3 is 2.26 bits per heavy atom. The quantitative estimate of drug-likeness (QED) is 0.582. The standard InChI is InChI=1S/C12H15N3.C10H10F3N3O3/c1-15-9-11(14-12(15)7-8-13)10-5-3-2-4-6-10;1-15-6(8(18)19)5(7(17)16-3-2-4-16)14-9(15)10(11,12)13/h2-6,9H,7-8,13H2,1H3;2-4H2,1H3,(H,18,19). The number of aromatic carboxylic acids is 1. The van der Waals surface area contributed by atoms with E-state index in [9.17, 15) is 22.8 Å². The summed E-state index contributed by atoms with van der Waals surface area (Å²) in [5.41, 5.74) is 6.28. The molecule has 0 unspecified atom stereocenters. The van der Waals surface area contributed by atoms with Gasteiger partial charge in [-0.05, 0) is 13.0 Å². The molecule has 9 nitrogen and oxygen atoms in total. The van der Waals surface area contributed by atoms with Crippen molar-refractivity contribution in [2.45, 2.75) is 19.0 Å². The van der Waals surface area contributed by atoms with E-state index in [1.54, 1.807) is 0 Å². The van der Waals surface area contributed by atoms with Crippen molar-refractivity contribution in [3.05, 3.63) is 59.6 Å². The Kier molecular flexibility index (Phi) is 7.40. The number of carboxylic acid groups (broad SMARTS) is 1. The van der Waals surface area contributed by atoms with Gasteiger partial charge in [0.1, 0.15) is 5.82 Å². The summed E-state index contributed by atoms with van der Waals surface area (Å²) in [7, 11) is 2.93. The van der Waals surface area contributed by atoms with E-state index in [4.69, 9.17) is 10.8 Å². The van der Waals surface area contributed by atoms with Gasteiger partial charge >= 0.3 is 12.1 Å². The molecule has 3 aromatic rings. The van der Waals surface area contributed by atoms with Crippen molar-refractivity contribution >= 4 is 11.9 Å². The molecule has 0 saturated carbocycles. The van der Waals surface area contributed by atoms with Crippen LogP contribution in [0.1, 0.15) is 39.0 Å². The van der Waals surface area contributed by atoms with Gasteiger partial charge in [-0.25, -0.2) is 14.8 Å². The molecule has 0 atom stereocenters. The van der Waals surface area contributed by atoms with E-state index in [-0.39, 0.29) is 0 Å². The van der Waals surface area contributed by atoms with Crippen LogP contribution in [0.25, 0.3) is 11.3 Å². The maximum atomic E-state index is 12.7. The Balaban J connectivity index is 0.000000196. The fourth-order valence-electron chi connectivity index (χ4n) is 3.43. The highest BCUT2D eigenvalue weighted by atomic mass is 19.4. The van der Waals surface area contributed by atoms with Crippen LogP contribution in [0.3, 0.4) is 0 Å². The van der Waals surface area contributed by atoms with Gasteiger partial charge in [0.15, 0.2) is 11.4 Å². The minimum atomic E-state index is -4.81. The highest BCUT2D eigenvalue weighted by Gasteiger charge is 2.41. The molecule has 1 fully saturated rings. The van der Waals surface area contributed by atoms with Crippen LogP contribution in [0.15, 0.2) is 36.5 Å². The third kappa shape index (κ3) is 5.28. The normalized spacial score (nSPS) is 13.2. The van der Waals surface area contributed by atoms with E-state index >= 15 is 0 Å². The van der Waals surface area contributed by atoms with Crippen molar-refractivity contribution in [2.24, 2.45) is 19.8 Å². The van der Waals surface area contributed by atoms with Crippen molar-refractivity contribution in [3.63, 3.8) is 0 Å². The lowest BCUT2D eigenvalue weighted by Gasteiger charge is -2.30. The first-order chi connectivity index (χ1) is 16.0. The molecular formula is C22H25F3N6O3. The molecule has 34 heavy (non-hydrogen) atoms. The smallest absolute Gasteiger partial charge is 0.449 e. The Morgan fingerprint density at radius 2 is 1.76 bits per heavy atom. The van der Waals surface area contributed by atoms with Gasteiger partial charge in [0.25, 0.3) is 5.91 Å². The van der Waals surface area contributed by atoms with Crippen LogP contribution >= 0.6 is 0 Å². The Bertz CT molecular complexity index is 1170. The predicted molar refractivity (Wildman–Crippen MR) is 117 cm³/mol. The number of likely N-dealkylation sites (tertiary alicyclic amines) is 1. The molecule has 1 amide bonds. The largest absolute Gasteiger partial charge is 0.477 e. The number of carboxylic acids is 1. The van der Waals surface area contributed by atoms with Crippen LogP contribution in [0.4, 0.5) is 13.2 Å². The number of alkyl halides is 3. The summed E-state index contributed by atoms with van der Waals surface area (Å²) in [5.74, 6) is -2.76. The van der Waals surface area contributed by atoms with Crippen LogP contribution in [0.5, 0.6) is 0 Å². The van der Waals surface area contributed by atoms with Gasteiger partial charge in [-0.15, -0.1) is 0 Å². The van der Waals surface area contributed by atoms with Crippen LogP contribution in [-0.2, 0) is 26.7 Å². The number of rotatable bonds is 5. The summed E-state index contributed by atoms with van der Waals surface area (Å²) >= 11 is 0. The fourth-order valence-corrected chi connectivity index (χ4v) is 3.43. The Hall–Kier alpha value is -3.67. The van der Waals surface area contributed by atoms with Crippen LogP contribution in [0.2, 0.25) is 0 Å². The van der Waals surface area contributed by atoms with E-state index in [0.717, 1.165) is 37.0 Å². The highest BCUT2D eigenvalue weighted by Crippen LogP contribution is 2.30. The monoisotopic (exact) mass is 478 g/mol. The molecule has 12 heteroatoms. The first-order valence-corrected chi connectivity index (χ1v) is 10.5. The van der Waals surface area contributed by atoms with Gasteiger partial charge in [0.2, 0.25) is 5.82 Å². The SMILES string of the molecule is Cn1c(C(F)(F)F)nc(C(=O)N2CCC2)c1C(=O)O.Cn1cc(-c2ccccc2)nc1CCN. The molecule has 4 rings (SSSR count). The number of benzene rings is 1. The first-order valence-electron chi connectivity index (χ1n) is 10.5. The Labute approximate surface area is 193 Å². The number of nitrogens with two attached hydrogens (primary N) is 1. The number of carbonyl (C=O) groups excluding carboxylic acids is 1. The zero-order valence-corrected chi connectivity index (χ0v) is 18.7. The number of aryl methyl sites for hydroxylation is 1. The lowest BCUT2D eigenvalue weighted by atomic mass is 10.2. The summed E-state index contributed by atoms with van der Waals surface area (Å²) in [6, 6.07) is 10.2. The second-order valence-corrected chi connectivity index (χ2v) is 7.70. The molecule has 0 radical (unpaired) electrons. The van der Waals surface area contributed by atoms with Gasteiger partial charge in [0.05, 0.1) is 5.69 Å². The second-order valence-electron chi connectivity index (χ2n) is 7.70. The topological polar surface area (TPSA) is 119 Å². The lowest BCUT2D eigenvalue weighted by molar-refractivity contribution is -0.146. The molecule has 3 N–H and O–H groups in total. The zero-order chi connectivity index (χ0) is 25.0. The minimum Gasteiger partial charge on any atom is -0.477 e. The minimum absolute atomic E-state index is 0.384. The van der Waals surface area contributed by atoms with Gasteiger partial charge in [-0.2, -0.15) is 13.2 Å². The fraction of sp³-hybridized carbons (Fsp3) is 0.364. The molecule has 2 aromatic heterocycles. The number of nitrogens with zero attached hydrogens (tertiary/aromatic N) is 5. The second kappa shape index (κ2) is 10.1. The molecule has 1 aliphatic rings. The van der Waals surface area contributed by atoms with Crippen molar-refractivity contribution in [2.75, 3.05) is 19.6 Å². The van der Waals surface area contributed by atoms with E-state index in [2.05, 4.69) is 22.1 Å². The molecule has 0 aliphatic carbocycles. The Morgan fingerprint density at radius 1 is 1.12 bits per heavy atom. The third-order valence-electron chi connectivity index (χ3n) is 5.31. The van der Waals surface area contributed by atoms with Crippen molar-refractivity contribution in [1.82, 2.24) is 24.0 Å². The van der Waals surface area contributed by atoms with Gasteiger partial charge < -0.3 is 24.9 Å². The maximum Gasteiger partial charge on any atom is 0.449 e. The molecule has 182 valence electrons. The number of hydrogen-bond donors (Lipinski definition) is 2. The van der Waals surface area contributed by atoms with Gasteiger partial charge in [-0.3, -0.25) is 4.79 Å². The van der Waals surface area contributed by atoms with Crippen LogP contribution in [-0.4, -0.2) is 60.6 Å². The van der Waals surface area contributed by atoms with Crippen LogP contribution < -0.4 is 5.73 Å². The molecular weight excluding hydrogens is 453 g/mol. The average molecular weight is 478 g/mol. The van der Waals surface area contributed by atoms with Crippen molar-refractivity contribution in [1.29, 1.82) is 0 Å². The van der Waals surface area contributed by atoms with Crippen molar-refractivity contribution in [3.8, 4) is 11.3 Å². The summed E-state index contributed by atoms with van der Waals surface area (Å²) in [6.07, 6.45) is -1.21. The van der Waals surface area contributed by atoms with Gasteiger partial charge in [-0.1, -0.05) is 30.3 Å². The first kappa shape index (κ1) is 25.0. The molecule has 1 aliphatic heterocycles. The predicted octanol–water partition coefficient (Wildman–Crippen LogP) is 2.57. The third-order valence-corrected chi connectivity index (χ3v) is 5.31. The number of carbonyl (C=O) groups is 2. The van der Waals surface area contributed by atoms with E-state index in [1.807, 2.05) is 36.0 Å². The summed E-state index contributed by atoms with van der Waals surface area (Å²) in [5, 5.41) is 8.95. The number of imidazole rings is 2. The van der Waals surface area contributed by atoms with E-state index < -0.39 is 35.3 Å². The summed E-state index contributed by atoms with van der Waals surface area (Å²) < 4.78 is 40.4. The summed E-state index contributed by atoms with van der Waals surface area (Å²) in [4.78, 5) is 31.9.